The van der Waals surface area contributed by atoms with Crippen LogP contribution in [0, 0.1) is 5.92 Å². The van der Waals surface area contributed by atoms with Crippen molar-refractivity contribution in [3.8, 4) is 0 Å². The van der Waals surface area contributed by atoms with E-state index in [0.717, 1.165) is 25.7 Å². The topological polar surface area (TPSA) is 21.3 Å². The molecule has 0 saturated carbocycles. The quantitative estimate of drug-likeness (QED) is 0.917. The highest BCUT2D eigenvalue weighted by atomic mass is 79.9. The van der Waals surface area contributed by atoms with E-state index in [9.17, 15) is 0 Å². The predicted molar refractivity (Wildman–Crippen MR) is 81.5 cm³/mol. The number of nitrogens with one attached hydrogen (secondary N) is 1. The summed E-state index contributed by atoms with van der Waals surface area (Å²) in [5.41, 5.74) is 3.05. The van der Waals surface area contributed by atoms with Crippen LogP contribution in [0.5, 0.6) is 0 Å². The van der Waals surface area contributed by atoms with E-state index in [0.29, 0.717) is 6.04 Å². The molecule has 19 heavy (non-hydrogen) atoms. The Hall–Kier alpha value is -0.380. The van der Waals surface area contributed by atoms with Crippen molar-refractivity contribution in [3.63, 3.8) is 0 Å². The molecule has 1 saturated heterocycles. The highest BCUT2D eigenvalue weighted by Gasteiger charge is 2.19. The van der Waals surface area contributed by atoms with Gasteiger partial charge in [-0.3, -0.25) is 0 Å². The van der Waals surface area contributed by atoms with E-state index in [1.54, 1.807) is 0 Å². The van der Waals surface area contributed by atoms with Crippen molar-refractivity contribution < 1.29 is 4.74 Å². The third-order valence-corrected chi connectivity index (χ3v) is 4.90. The Morgan fingerprint density at radius 2 is 2.21 bits per heavy atom. The minimum absolute atomic E-state index is 0.663. The maximum atomic E-state index is 5.43. The number of ether oxygens (including phenoxy) is 1. The number of rotatable bonds is 4. The molecule has 1 aromatic carbocycles. The maximum absolute atomic E-state index is 5.43. The molecule has 3 rings (SSSR count). The van der Waals surface area contributed by atoms with E-state index in [1.807, 2.05) is 0 Å². The first-order chi connectivity index (χ1) is 9.31. The van der Waals surface area contributed by atoms with Gasteiger partial charge < -0.3 is 10.1 Å². The molecule has 1 aliphatic heterocycles. The fourth-order valence-corrected chi connectivity index (χ4v) is 3.61. The molecule has 0 bridgehead atoms. The number of aryl methyl sites for hydroxylation is 1. The Balaban J connectivity index is 1.47. The van der Waals surface area contributed by atoms with Gasteiger partial charge in [-0.1, -0.05) is 22.0 Å². The summed E-state index contributed by atoms with van der Waals surface area (Å²) in [6.07, 6.45) is 6.18. The second kappa shape index (κ2) is 6.38. The van der Waals surface area contributed by atoms with Gasteiger partial charge in [-0.2, -0.15) is 0 Å². The highest BCUT2D eigenvalue weighted by molar-refractivity contribution is 9.10. The second-order valence-corrected chi connectivity index (χ2v) is 6.74. The third kappa shape index (κ3) is 3.59. The molecule has 1 fully saturated rings. The van der Waals surface area contributed by atoms with Crippen LogP contribution in [0.3, 0.4) is 0 Å². The van der Waals surface area contributed by atoms with E-state index in [1.165, 1.54) is 47.7 Å². The molecule has 1 aliphatic carbocycles. The van der Waals surface area contributed by atoms with Crippen LogP contribution in [0.25, 0.3) is 0 Å². The fourth-order valence-electron chi connectivity index (χ4n) is 3.20. The lowest BCUT2D eigenvalue weighted by Crippen LogP contribution is -2.35. The molecule has 2 unspecified atom stereocenters. The van der Waals surface area contributed by atoms with Crippen molar-refractivity contribution in [2.24, 2.45) is 5.92 Å². The van der Waals surface area contributed by atoms with E-state index >= 15 is 0 Å². The predicted octanol–water partition coefficient (Wildman–Crippen LogP) is 3.32. The normalized spacial score (nSPS) is 26.4. The van der Waals surface area contributed by atoms with Crippen LogP contribution < -0.4 is 5.32 Å². The van der Waals surface area contributed by atoms with Gasteiger partial charge in [0.25, 0.3) is 0 Å². The molecule has 1 heterocycles. The third-order valence-electron chi connectivity index (χ3n) is 4.41. The van der Waals surface area contributed by atoms with Crippen molar-refractivity contribution in [2.45, 2.75) is 38.1 Å². The van der Waals surface area contributed by atoms with Gasteiger partial charge in [0.2, 0.25) is 0 Å². The summed E-state index contributed by atoms with van der Waals surface area (Å²) in [5.74, 6) is 0.791. The molecule has 104 valence electrons. The second-order valence-electron chi connectivity index (χ2n) is 5.83. The van der Waals surface area contributed by atoms with Gasteiger partial charge in [0.1, 0.15) is 0 Å². The number of benzene rings is 1. The minimum atomic E-state index is 0.663. The summed E-state index contributed by atoms with van der Waals surface area (Å²) < 4.78 is 6.63. The van der Waals surface area contributed by atoms with Crippen molar-refractivity contribution in [3.05, 3.63) is 33.8 Å². The summed E-state index contributed by atoms with van der Waals surface area (Å²) in [7, 11) is 0. The number of halogens is 1. The molecule has 0 amide bonds. The highest BCUT2D eigenvalue weighted by Crippen LogP contribution is 2.25. The molecule has 1 aromatic rings. The number of hydrogen-bond donors (Lipinski definition) is 1. The average Bonchev–Trinajstić information content (AvgIpc) is 2.92. The van der Waals surface area contributed by atoms with Crippen LogP contribution in [0.15, 0.2) is 22.7 Å². The molecule has 0 aromatic heterocycles. The van der Waals surface area contributed by atoms with Crippen LogP contribution in [-0.4, -0.2) is 25.8 Å². The molecular formula is C16H22BrNO. The zero-order valence-corrected chi connectivity index (χ0v) is 12.9. The SMILES string of the molecule is Brc1ccc2c(c1)CCC(NCCC1CCOC1)C2. The van der Waals surface area contributed by atoms with E-state index < -0.39 is 0 Å². The molecule has 0 spiro atoms. The standard InChI is InChI=1S/C16H22BrNO/c17-15-3-1-14-10-16(4-2-13(14)9-15)18-7-5-12-6-8-19-11-12/h1,3,9,12,16,18H,2,4-8,10-11H2. The average molecular weight is 324 g/mol. The van der Waals surface area contributed by atoms with Crippen LogP contribution in [0.1, 0.15) is 30.4 Å². The van der Waals surface area contributed by atoms with Crippen molar-refractivity contribution >= 4 is 15.9 Å². The maximum Gasteiger partial charge on any atom is 0.0495 e. The molecule has 2 nitrogen and oxygen atoms in total. The molecule has 2 aliphatic rings. The first kappa shape index (κ1) is 13.6. The zero-order chi connectivity index (χ0) is 13.1. The van der Waals surface area contributed by atoms with E-state index in [2.05, 4.69) is 39.4 Å². The lowest BCUT2D eigenvalue weighted by molar-refractivity contribution is 0.184. The summed E-state index contributed by atoms with van der Waals surface area (Å²) in [6, 6.07) is 7.38. The van der Waals surface area contributed by atoms with Gasteiger partial charge in [-0.25, -0.2) is 0 Å². The van der Waals surface area contributed by atoms with E-state index in [-0.39, 0.29) is 0 Å². The number of fused-ring (bicyclic) bond motifs is 1. The Morgan fingerprint density at radius 3 is 3.05 bits per heavy atom. The van der Waals surface area contributed by atoms with Crippen LogP contribution in [0.2, 0.25) is 0 Å². The first-order valence-electron chi connectivity index (χ1n) is 7.39. The molecule has 2 atom stereocenters. The van der Waals surface area contributed by atoms with Gasteiger partial charge in [0.05, 0.1) is 0 Å². The Kier molecular flexibility index (Phi) is 4.57. The summed E-state index contributed by atoms with van der Waals surface area (Å²) in [6.45, 7) is 3.09. The molecular weight excluding hydrogens is 302 g/mol. The summed E-state index contributed by atoms with van der Waals surface area (Å²) in [4.78, 5) is 0. The smallest absolute Gasteiger partial charge is 0.0495 e. The Morgan fingerprint density at radius 1 is 1.26 bits per heavy atom. The van der Waals surface area contributed by atoms with Crippen molar-refractivity contribution in [1.82, 2.24) is 5.32 Å². The number of hydrogen-bond acceptors (Lipinski definition) is 2. The van der Waals surface area contributed by atoms with Gasteiger partial charge in [0, 0.05) is 23.7 Å². The van der Waals surface area contributed by atoms with Gasteiger partial charge in [-0.15, -0.1) is 0 Å². The monoisotopic (exact) mass is 323 g/mol. The van der Waals surface area contributed by atoms with Gasteiger partial charge in [-0.05, 0) is 67.8 Å². The lowest BCUT2D eigenvalue weighted by atomic mass is 9.88. The molecule has 1 N–H and O–H groups in total. The zero-order valence-electron chi connectivity index (χ0n) is 11.3. The Labute approximate surface area is 124 Å². The van der Waals surface area contributed by atoms with Crippen molar-refractivity contribution in [1.29, 1.82) is 0 Å². The Bertz CT molecular complexity index is 429. The molecule has 3 heteroatoms. The summed E-state index contributed by atoms with van der Waals surface area (Å²) in [5, 5.41) is 3.74. The fraction of sp³-hybridized carbons (Fsp3) is 0.625. The van der Waals surface area contributed by atoms with Crippen LogP contribution >= 0.6 is 15.9 Å². The first-order valence-corrected chi connectivity index (χ1v) is 8.19. The van der Waals surface area contributed by atoms with Gasteiger partial charge >= 0.3 is 0 Å². The lowest BCUT2D eigenvalue weighted by Gasteiger charge is -2.26. The summed E-state index contributed by atoms with van der Waals surface area (Å²) >= 11 is 3.56. The van der Waals surface area contributed by atoms with Crippen LogP contribution in [-0.2, 0) is 17.6 Å². The van der Waals surface area contributed by atoms with Gasteiger partial charge in [0.15, 0.2) is 0 Å². The van der Waals surface area contributed by atoms with Crippen LogP contribution in [0.4, 0.5) is 0 Å². The molecule has 0 radical (unpaired) electrons. The van der Waals surface area contributed by atoms with E-state index in [4.69, 9.17) is 4.74 Å². The minimum Gasteiger partial charge on any atom is -0.381 e. The largest absolute Gasteiger partial charge is 0.381 e. The van der Waals surface area contributed by atoms with Crippen molar-refractivity contribution in [2.75, 3.05) is 19.8 Å².